The molecule has 0 radical (unpaired) electrons. The summed E-state index contributed by atoms with van der Waals surface area (Å²) in [6.07, 6.45) is 1.66. The molecular formula is C16H22IN3O. The van der Waals surface area contributed by atoms with Gasteiger partial charge < -0.3 is 15.5 Å². The van der Waals surface area contributed by atoms with Gasteiger partial charge in [0.25, 0.3) is 0 Å². The Bertz CT molecular complexity index is 605. The molecule has 0 aliphatic heterocycles. The summed E-state index contributed by atoms with van der Waals surface area (Å²) >= 11 is 0. The number of hydrogen-bond acceptors (Lipinski definition) is 2. The van der Waals surface area contributed by atoms with E-state index in [2.05, 4.69) is 36.3 Å². The third-order valence-corrected chi connectivity index (χ3v) is 3.19. The van der Waals surface area contributed by atoms with Gasteiger partial charge in [0.15, 0.2) is 5.96 Å². The van der Waals surface area contributed by atoms with Crippen LogP contribution in [0.3, 0.4) is 0 Å². The summed E-state index contributed by atoms with van der Waals surface area (Å²) in [6.45, 7) is 6.76. The Labute approximate surface area is 142 Å². The number of aryl methyl sites for hydroxylation is 1. The number of nitrogens with two attached hydrogens (primary N) is 1. The van der Waals surface area contributed by atoms with Gasteiger partial charge in [-0.25, -0.2) is 4.99 Å². The van der Waals surface area contributed by atoms with Crippen LogP contribution in [0.1, 0.15) is 36.7 Å². The van der Waals surface area contributed by atoms with Crippen LogP contribution in [0.5, 0.6) is 0 Å². The van der Waals surface area contributed by atoms with Gasteiger partial charge in [-0.2, -0.15) is 0 Å². The molecule has 4 nitrogen and oxygen atoms in total. The largest absolute Gasteiger partial charge is 0.467 e. The van der Waals surface area contributed by atoms with E-state index in [1.807, 2.05) is 25.1 Å². The van der Waals surface area contributed by atoms with Crippen LogP contribution in [0.4, 0.5) is 5.69 Å². The van der Waals surface area contributed by atoms with Crippen LogP contribution >= 0.6 is 24.0 Å². The lowest BCUT2D eigenvalue weighted by Gasteiger charge is -2.09. The number of halogens is 1. The van der Waals surface area contributed by atoms with Gasteiger partial charge in [0.05, 0.1) is 6.26 Å². The van der Waals surface area contributed by atoms with Crippen molar-refractivity contribution >= 4 is 35.6 Å². The molecule has 0 saturated heterocycles. The molecule has 0 fully saturated rings. The molecule has 0 aliphatic carbocycles. The van der Waals surface area contributed by atoms with Crippen LogP contribution in [-0.2, 0) is 6.54 Å². The Morgan fingerprint density at radius 3 is 2.71 bits per heavy atom. The Hall–Kier alpha value is -1.50. The van der Waals surface area contributed by atoms with E-state index in [1.54, 1.807) is 6.26 Å². The normalized spacial score (nSPS) is 11.3. The predicted molar refractivity (Wildman–Crippen MR) is 98.3 cm³/mol. The van der Waals surface area contributed by atoms with E-state index in [-0.39, 0.29) is 24.0 Å². The van der Waals surface area contributed by atoms with Crippen LogP contribution in [0, 0.1) is 6.92 Å². The summed E-state index contributed by atoms with van der Waals surface area (Å²) in [5.74, 6) is 1.72. The summed E-state index contributed by atoms with van der Waals surface area (Å²) in [4.78, 5) is 4.29. The summed E-state index contributed by atoms with van der Waals surface area (Å²) < 4.78 is 5.33. The first-order valence-electron chi connectivity index (χ1n) is 6.76. The second-order valence-electron chi connectivity index (χ2n) is 5.13. The molecule has 0 unspecified atom stereocenters. The van der Waals surface area contributed by atoms with Gasteiger partial charge >= 0.3 is 0 Å². The minimum absolute atomic E-state index is 0. The Kier molecular flexibility index (Phi) is 6.74. The van der Waals surface area contributed by atoms with Crippen LogP contribution in [-0.4, -0.2) is 5.96 Å². The molecule has 0 aliphatic rings. The zero-order chi connectivity index (χ0) is 14.5. The molecule has 1 aromatic carbocycles. The Morgan fingerprint density at radius 1 is 1.33 bits per heavy atom. The van der Waals surface area contributed by atoms with Gasteiger partial charge in [0, 0.05) is 5.69 Å². The van der Waals surface area contributed by atoms with Crippen molar-refractivity contribution in [2.45, 2.75) is 33.2 Å². The maximum atomic E-state index is 5.90. The van der Waals surface area contributed by atoms with E-state index >= 15 is 0 Å². The molecule has 2 rings (SSSR count). The molecule has 2 aromatic rings. The molecule has 1 heterocycles. The minimum Gasteiger partial charge on any atom is -0.467 e. The maximum absolute atomic E-state index is 5.90. The smallest absolute Gasteiger partial charge is 0.193 e. The SMILES string of the molecule is Cc1ccoc1CN=C(N)Nc1cccc(C(C)C)c1.I. The fourth-order valence-electron chi connectivity index (χ4n) is 1.89. The number of anilines is 1. The number of furan rings is 1. The molecule has 0 atom stereocenters. The van der Waals surface area contributed by atoms with Crippen LogP contribution in [0.25, 0.3) is 0 Å². The average Bonchev–Trinajstić information content (AvgIpc) is 2.82. The topological polar surface area (TPSA) is 63.5 Å². The van der Waals surface area contributed by atoms with Crippen molar-refractivity contribution < 1.29 is 4.42 Å². The van der Waals surface area contributed by atoms with Gasteiger partial charge in [0.2, 0.25) is 0 Å². The van der Waals surface area contributed by atoms with E-state index in [0.717, 1.165) is 17.0 Å². The Morgan fingerprint density at radius 2 is 2.10 bits per heavy atom. The molecule has 0 spiro atoms. The van der Waals surface area contributed by atoms with Crippen LogP contribution in [0.15, 0.2) is 46.0 Å². The van der Waals surface area contributed by atoms with Gasteiger partial charge in [-0.15, -0.1) is 24.0 Å². The van der Waals surface area contributed by atoms with Crippen molar-refractivity contribution in [2.75, 3.05) is 5.32 Å². The van der Waals surface area contributed by atoms with Crippen molar-refractivity contribution in [3.63, 3.8) is 0 Å². The summed E-state index contributed by atoms with van der Waals surface area (Å²) in [7, 11) is 0. The Balaban J connectivity index is 0.00000220. The maximum Gasteiger partial charge on any atom is 0.193 e. The quantitative estimate of drug-likeness (QED) is 0.459. The summed E-state index contributed by atoms with van der Waals surface area (Å²) in [5.41, 5.74) is 9.20. The van der Waals surface area contributed by atoms with E-state index in [1.165, 1.54) is 5.56 Å². The van der Waals surface area contributed by atoms with Crippen LogP contribution in [0.2, 0.25) is 0 Å². The number of hydrogen-bond donors (Lipinski definition) is 2. The van der Waals surface area contributed by atoms with Gasteiger partial charge in [-0.05, 0) is 42.2 Å². The predicted octanol–water partition coefficient (Wildman–Crippen LogP) is 4.26. The second kappa shape index (κ2) is 8.07. The first-order valence-corrected chi connectivity index (χ1v) is 6.76. The lowest BCUT2D eigenvalue weighted by atomic mass is 10.0. The first kappa shape index (κ1) is 17.6. The zero-order valence-electron chi connectivity index (χ0n) is 12.6. The van der Waals surface area contributed by atoms with Crippen molar-refractivity contribution in [3.8, 4) is 0 Å². The van der Waals surface area contributed by atoms with Gasteiger partial charge in [-0.1, -0.05) is 26.0 Å². The number of rotatable bonds is 4. The molecular weight excluding hydrogens is 377 g/mol. The minimum atomic E-state index is 0. The summed E-state index contributed by atoms with van der Waals surface area (Å²) in [6, 6.07) is 10.1. The third kappa shape index (κ3) is 5.08. The number of benzene rings is 1. The zero-order valence-corrected chi connectivity index (χ0v) is 14.9. The first-order chi connectivity index (χ1) is 9.56. The average molecular weight is 399 g/mol. The molecule has 3 N–H and O–H groups in total. The molecule has 21 heavy (non-hydrogen) atoms. The molecule has 1 aromatic heterocycles. The lowest BCUT2D eigenvalue weighted by Crippen LogP contribution is -2.22. The number of aliphatic imine (C=N–C) groups is 1. The van der Waals surface area contributed by atoms with Crippen LogP contribution < -0.4 is 11.1 Å². The van der Waals surface area contributed by atoms with Gasteiger partial charge in [0.1, 0.15) is 12.3 Å². The summed E-state index contributed by atoms with van der Waals surface area (Å²) in [5, 5.41) is 3.11. The molecule has 114 valence electrons. The van der Waals surface area contributed by atoms with Gasteiger partial charge in [-0.3, -0.25) is 0 Å². The number of nitrogens with one attached hydrogen (secondary N) is 1. The van der Waals surface area contributed by atoms with Crippen molar-refractivity contribution in [1.29, 1.82) is 0 Å². The monoisotopic (exact) mass is 399 g/mol. The van der Waals surface area contributed by atoms with E-state index in [4.69, 9.17) is 10.2 Å². The number of nitrogens with zero attached hydrogens (tertiary/aromatic N) is 1. The van der Waals surface area contributed by atoms with E-state index in [9.17, 15) is 0 Å². The molecule has 0 saturated carbocycles. The van der Waals surface area contributed by atoms with Crippen molar-refractivity contribution in [1.82, 2.24) is 0 Å². The number of guanidine groups is 1. The fraction of sp³-hybridized carbons (Fsp3) is 0.312. The fourth-order valence-corrected chi connectivity index (χ4v) is 1.89. The van der Waals surface area contributed by atoms with E-state index < -0.39 is 0 Å². The third-order valence-electron chi connectivity index (χ3n) is 3.19. The molecule has 0 bridgehead atoms. The molecule has 5 heteroatoms. The van der Waals surface area contributed by atoms with Crippen molar-refractivity contribution in [2.24, 2.45) is 10.7 Å². The van der Waals surface area contributed by atoms with E-state index in [0.29, 0.717) is 18.4 Å². The highest BCUT2D eigenvalue weighted by Crippen LogP contribution is 2.18. The lowest BCUT2D eigenvalue weighted by molar-refractivity contribution is 0.510. The second-order valence-corrected chi connectivity index (χ2v) is 5.13. The highest BCUT2D eigenvalue weighted by Gasteiger charge is 2.03. The standard InChI is InChI=1S/C16H21N3O.HI/c1-11(2)13-5-4-6-14(9-13)19-16(17)18-10-15-12(3)7-8-20-15;/h4-9,11H,10H2,1-3H3,(H3,17,18,19);1H. The molecule has 0 amide bonds. The highest BCUT2D eigenvalue weighted by atomic mass is 127. The van der Waals surface area contributed by atoms with Crippen molar-refractivity contribution in [3.05, 3.63) is 53.5 Å². The highest BCUT2D eigenvalue weighted by molar-refractivity contribution is 14.0.